The number of hydrazone groups is 1. The summed E-state index contributed by atoms with van der Waals surface area (Å²) < 4.78 is 44.1. The molecule has 0 fully saturated rings. The molecule has 1 rings (SSSR count). The van der Waals surface area contributed by atoms with Crippen molar-refractivity contribution in [1.82, 2.24) is 0 Å². The first-order valence-electron chi connectivity index (χ1n) is 5.34. The Morgan fingerprint density at radius 2 is 1.95 bits per heavy atom. The lowest BCUT2D eigenvalue weighted by molar-refractivity contribution is -0.274. The molecule has 0 saturated carbocycles. The smallest absolute Gasteiger partial charge is 0.461 e. The van der Waals surface area contributed by atoms with Crippen LogP contribution in [-0.4, -0.2) is 24.1 Å². The van der Waals surface area contributed by atoms with Gasteiger partial charge in [0.25, 0.3) is 0 Å². The van der Waals surface area contributed by atoms with Crippen LogP contribution in [0.1, 0.15) is 6.92 Å². The Bertz CT molecular complexity index is 489. The van der Waals surface area contributed by atoms with Gasteiger partial charge in [-0.3, -0.25) is 5.43 Å². The molecule has 0 aromatic heterocycles. The number of hydrogen-bond acceptors (Lipinski definition) is 5. The molecule has 9 heteroatoms. The van der Waals surface area contributed by atoms with Crippen molar-refractivity contribution in [1.29, 1.82) is 0 Å². The number of alkyl halides is 3. The fraction of sp³-hybridized carbons (Fsp3) is 0.273. The standard InChI is InChI=1S/C11H10ClF3N2O3/c1-2-19-10(18)9(12)17-16-7-3-5-8(6-4-7)20-11(13,14)15/h3-6,16H,2H2,1H3/b17-9+. The van der Waals surface area contributed by atoms with E-state index in [1.807, 2.05) is 0 Å². The molecule has 0 saturated heterocycles. The Balaban J connectivity index is 2.62. The van der Waals surface area contributed by atoms with Gasteiger partial charge in [0.15, 0.2) is 0 Å². The summed E-state index contributed by atoms with van der Waals surface area (Å²) in [7, 11) is 0. The van der Waals surface area contributed by atoms with Crippen molar-refractivity contribution in [2.45, 2.75) is 13.3 Å². The summed E-state index contributed by atoms with van der Waals surface area (Å²) in [4.78, 5) is 11.1. The average Bonchev–Trinajstić information content (AvgIpc) is 2.36. The van der Waals surface area contributed by atoms with Crippen LogP contribution >= 0.6 is 11.6 Å². The van der Waals surface area contributed by atoms with Crippen molar-refractivity contribution >= 4 is 28.4 Å². The number of nitrogens with one attached hydrogen (secondary N) is 1. The van der Waals surface area contributed by atoms with Gasteiger partial charge in [0.1, 0.15) is 5.75 Å². The first kappa shape index (κ1) is 16.1. The monoisotopic (exact) mass is 310 g/mol. The molecule has 0 amide bonds. The van der Waals surface area contributed by atoms with E-state index in [1.165, 1.54) is 12.1 Å². The first-order chi connectivity index (χ1) is 9.31. The fourth-order valence-electron chi connectivity index (χ4n) is 1.08. The van der Waals surface area contributed by atoms with Crippen molar-refractivity contribution < 1.29 is 27.4 Å². The maximum absolute atomic E-state index is 11.9. The quantitative estimate of drug-likeness (QED) is 0.516. The van der Waals surface area contributed by atoms with Crippen LogP contribution in [0.2, 0.25) is 0 Å². The van der Waals surface area contributed by atoms with Crippen LogP contribution in [0.4, 0.5) is 18.9 Å². The van der Waals surface area contributed by atoms with E-state index in [1.54, 1.807) is 6.92 Å². The lowest BCUT2D eigenvalue weighted by atomic mass is 10.3. The minimum absolute atomic E-state index is 0.147. The summed E-state index contributed by atoms with van der Waals surface area (Å²) in [6.07, 6.45) is -4.75. The van der Waals surface area contributed by atoms with Crippen molar-refractivity contribution in [3.8, 4) is 5.75 Å². The summed E-state index contributed by atoms with van der Waals surface area (Å²) in [6.45, 7) is 1.75. The van der Waals surface area contributed by atoms with Crippen molar-refractivity contribution in [3.63, 3.8) is 0 Å². The molecule has 1 aromatic carbocycles. The highest BCUT2D eigenvalue weighted by molar-refractivity contribution is 6.82. The predicted octanol–water partition coefficient (Wildman–Crippen LogP) is 3.11. The zero-order valence-electron chi connectivity index (χ0n) is 10.2. The number of benzene rings is 1. The number of nitrogens with zero attached hydrogens (tertiary/aromatic N) is 1. The van der Waals surface area contributed by atoms with Gasteiger partial charge in [-0.25, -0.2) is 4.79 Å². The lowest BCUT2D eigenvalue weighted by Crippen LogP contribution is -2.17. The molecule has 0 atom stereocenters. The maximum Gasteiger partial charge on any atom is 0.573 e. The Hall–Kier alpha value is -1.96. The van der Waals surface area contributed by atoms with E-state index in [-0.39, 0.29) is 12.4 Å². The Morgan fingerprint density at radius 1 is 1.35 bits per heavy atom. The number of hydrogen-bond donors (Lipinski definition) is 1. The number of anilines is 1. The fourth-order valence-corrected chi connectivity index (χ4v) is 1.18. The Kier molecular flexibility index (Phi) is 5.63. The lowest BCUT2D eigenvalue weighted by Gasteiger charge is -2.09. The highest BCUT2D eigenvalue weighted by Crippen LogP contribution is 2.23. The number of carbonyl (C=O) groups excluding carboxylic acids is 1. The van der Waals surface area contributed by atoms with Gasteiger partial charge in [-0.1, -0.05) is 11.6 Å². The minimum atomic E-state index is -4.75. The minimum Gasteiger partial charge on any atom is -0.461 e. The van der Waals surface area contributed by atoms with Gasteiger partial charge in [-0.15, -0.1) is 13.2 Å². The van der Waals surface area contributed by atoms with E-state index >= 15 is 0 Å². The van der Waals surface area contributed by atoms with E-state index in [2.05, 4.69) is 20.0 Å². The summed E-state index contributed by atoms with van der Waals surface area (Å²) >= 11 is 5.52. The van der Waals surface area contributed by atoms with E-state index in [9.17, 15) is 18.0 Å². The molecule has 1 N–H and O–H groups in total. The molecule has 0 bridgehead atoms. The van der Waals surface area contributed by atoms with E-state index < -0.39 is 17.5 Å². The average molecular weight is 311 g/mol. The van der Waals surface area contributed by atoms with Crippen LogP contribution in [0.3, 0.4) is 0 Å². The molecule has 0 spiro atoms. The van der Waals surface area contributed by atoms with E-state index in [0.29, 0.717) is 5.69 Å². The molecular formula is C11H10ClF3N2O3. The van der Waals surface area contributed by atoms with Crippen molar-refractivity contribution in [3.05, 3.63) is 24.3 Å². The van der Waals surface area contributed by atoms with Crippen molar-refractivity contribution in [2.24, 2.45) is 5.10 Å². The molecular weight excluding hydrogens is 301 g/mol. The molecule has 0 radical (unpaired) electrons. The van der Waals surface area contributed by atoms with Gasteiger partial charge in [0.05, 0.1) is 12.3 Å². The number of rotatable bonds is 5. The number of halogens is 4. The zero-order chi connectivity index (χ0) is 15.2. The van der Waals surface area contributed by atoms with Crippen LogP contribution in [0.15, 0.2) is 29.4 Å². The van der Waals surface area contributed by atoms with E-state index in [0.717, 1.165) is 12.1 Å². The maximum atomic E-state index is 11.9. The molecule has 0 heterocycles. The molecule has 0 aliphatic carbocycles. The first-order valence-corrected chi connectivity index (χ1v) is 5.71. The van der Waals surface area contributed by atoms with Gasteiger partial charge in [0, 0.05) is 0 Å². The number of ether oxygens (including phenoxy) is 2. The molecule has 1 aromatic rings. The van der Waals surface area contributed by atoms with Crippen LogP contribution in [0, 0.1) is 0 Å². The van der Waals surface area contributed by atoms with Crippen LogP contribution in [0.5, 0.6) is 5.75 Å². The van der Waals surface area contributed by atoms with Gasteiger partial charge in [0.2, 0.25) is 5.17 Å². The molecule has 0 unspecified atom stereocenters. The largest absolute Gasteiger partial charge is 0.573 e. The third-order valence-electron chi connectivity index (χ3n) is 1.81. The highest BCUT2D eigenvalue weighted by atomic mass is 35.5. The summed E-state index contributed by atoms with van der Waals surface area (Å²) in [5.74, 6) is -1.18. The topological polar surface area (TPSA) is 59.9 Å². The van der Waals surface area contributed by atoms with Crippen LogP contribution < -0.4 is 10.2 Å². The van der Waals surface area contributed by atoms with Gasteiger partial charge >= 0.3 is 12.3 Å². The summed E-state index contributed by atoms with van der Waals surface area (Å²) in [6, 6.07) is 4.73. The van der Waals surface area contributed by atoms with Crippen LogP contribution in [0.25, 0.3) is 0 Å². The second kappa shape index (κ2) is 6.99. The normalized spacial score (nSPS) is 11.9. The van der Waals surface area contributed by atoms with Crippen molar-refractivity contribution in [2.75, 3.05) is 12.0 Å². The molecule has 0 aliphatic heterocycles. The third-order valence-corrected chi connectivity index (χ3v) is 2.05. The molecule has 20 heavy (non-hydrogen) atoms. The second-order valence-electron chi connectivity index (χ2n) is 3.31. The molecule has 110 valence electrons. The number of carbonyl (C=O) groups is 1. The van der Waals surface area contributed by atoms with Gasteiger partial charge in [-0.2, -0.15) is 5.10 Å². The van der Waals surface area contributed by atoms with Gasteiger partial charge < -0.3 is 9.47 Å². The predicted molar refractivity (Wildman–Crippen MR) is 66.7 cm³/mol. The van der Waals surface area contributed by atoms with Crippen LogP contribution in [-0.2, 0) is 9.53 Å². The SMILES string of the molecule is CCOC(=O)/C(Cl)=N\Nc1ccc(OC(F)(F)F)cc1. The van der Waals surface area contributed by atoms with Gasteiger partial charge in [-0.05, 0) is 31.2 Å². The zero-order valence-corrected chi connectivity index (χ0v) is 11.0. The Morgan fingerprint density at radius 3 is 2.45 bits per heavy atom. The molecule has 5 nitrogen and oxygen atoms in total. The second-order valence-corrected chi connectivity index (χ2v) is 3.67. The Labute approximate surface area is 117 Å². The highest BCUT2D eigenvalue weighted by Gasteiger charge is 2.30. The summed E-state index contributed by atoms with van der Waals surface area (Å²) in [5.41, 5.74) is 2.71. The molecule has 0 aliphatic rings. The third kappa shape index (κ3) is 5.79. The van der Waals surface area contributed by atoms with E-state index in [4.69, 9.17) is 11.6 Å². The summed E-state index contributed by atoms with van der Waals surface area (Å²) in [5, 5.41) is 3.08. The number of esters is 1.